The van der Waals surface area contributed by atoms with Crippen LogP contribution in [0.25, 0.3) is 0 Å². The second-order valence-corrected chi connectivity index (χ2v) is 4.33. The Balaban J connectivity index is 2.41. The van der Waals surface area contributed by atoms with Crippen molar-refractivity contribution in [1.82, 2.24) is 5.32 Å². The fraction of sp³-hybridized carbons (Fsp3) is 0.909. The molecule has 4 nitrogen and oxygen atoms in total. The number of hydrogen-bond donors (Lipinski definition) is 1. The van der Waals surface area contributed by atoms with E-state index in [-0.39, 0.29) is 17.6 Å². The quantitative estimate of drug-likeness (QED) is 0.713. The molecular weight excluding hydrogens is 194 g/mol. The molecule has 0 aliphatic carbocycles. The van der Waals surface area contributed by atoms with Crippen molar-refractivity contribution in [2.24, 2.45) is 0 Å². The monoisotopic (exact) mass is 215 g/mol. The SMILES string of the molecule is CCOC(=O)C(C)NC1(C)CCCOC1. The Bertz CT molecular complexity index is 212. The molecule has 0 aromatic rings. The van der Waals surface area contributed by atoms with E-state index in [0.717, 1.165) is 19.4 Å². The fourth-order valence-electron chi connectivity index (χ4n) is 1.90. The molecular formula is C11H21NO3. The van der Waals surface area contributed by atoms with Crippen LogP contribution in [0.2, 0.25) is 0 Å². The molecule has 2 atom stereocenters. The van der Waals surface area contributed by atoms with E-state index in [9.17, 15) is 4.79 Å². The third kappa shape index (κ3) is 3.80. The summed E-state index contributed by atoms with van der Waals surface area (Å²) in [6, 6.07) is -0.267. The molecule has 0 aromatic carbocycles. The standard InChI is InChI=1S/C11H21NO3/c1-4-15-10(13)9(2)12-11(3)6-5-7-14-8-11/h9,12H,4-8H2,1-3H3. The van der Waals surface area contributed by atoms with E-state index in [4.69, 9.17) is 9.47 Å². The van der Waals surface area contributed by atoms with Gasteiger partial charge in [-0.3, -0.25) is 10.1 Å². The van der Waals surface area contributed by atoms with Gasteiger partial charge in [-0.25, -0.2) is 0 Å². The number of carbonyl (C=O) groups is 1. The van der Waals surface area contributed by atoms with Crippen LogP contribution in [-0.4, -0.2) is 37.4 Å². The minimum Gasteiger partial charge on any atom is -0.465 e. The largest absolute Gasteiger partial charge is 0.465 e. The van der Waals surface area contributed by atoms with E-state index in [1.54, 1.807) is 0 Å². The smallest absolute Gasteiger partial charge is 0.322 e. The molecule has 1 aliphatic rings. The minimum atomic E-state index is -0.267. The van der Waals surface area contributed by atoms with Crippen LogP contribution in [0, 0.1) is 0 Å². The molecule has 0 saturated carbocycles. The first kappa shape index (κ1) is 12.5. The number of esters is 1. The van der Waals surface area contributed by atoms with Crippen LogP contribution in [0.15, 0.2) is 0 Å². The molecule has 1 fully saturated rings. The molecule has 4 heteroatoms. The van der Waals surface area contributed by atoms with Gasteiger partial charge < -0.3 is 9.47 Å². The average molecular weight is 215 g/mol. The molecule has 1 saturated heterocycles. The minimum absolute atomic E-state index is 0.0928. The first-order chi connectivity index (χ1) is 7.07. The molecule has 1 N–H and O–H groups in total. The van der Waals surface area contributed by atoms with Crippen LogP contribution < -0.4 is 5.32 Å². The first-order valence-electron chi connectivity index (χ1n) is 5.59. The number of carbonyl (C=O) groups excluding carboxylic acids is 1. The molecule has 2 unspecified atom stereocenters. The van der Waals surface area contributed by atoms with Gasteiger partial charge in [0, 0.05) is 12.1 Å². The molecule has 15 heavy (non-hydrogen) atoms. The molecule has 0 spiro atoms. The van der Waals surface area contributed by atoms with Crippen molar-refractivity contribution in [3.63, 3.8) is 0 Å². The van der Waals surface area contributed by atoms with Gasteiger partial charge in [0.05, 0.1) is 13.2 Å². The van der Waals surface area contributed by atoms with E-state index in [1.807, 2.05) is 13.8 Å². The Kier molecular flexibility index (Phi) is 4.54. The Morgan fingerprint density at radius 3 is 2.93 bits per heavy atom. The lowest BCUT2D eigenvalue weighted by atomic mass is 9.94. The van der Waals surface area contributed by atoms with Crippen molar-refractivity contribution in [3.8, 4) is 0 Å². The predicted molar refractivity (Wildman–Crippen MR) is 57.7 cm³/mol. The molecule has 0 aromatic heterocycles. The number of hydrogen-bond acceptors (Lipinski definition) is 4. The Morgan fingerprint density at radius 1 is 1.67 bits per heavy atom. The highest BCUT2D eigenvalue weighted by molar-refractivity contribution is 5.75. The number of ether oxygens (including phenoxy) is 2. The highest BCUT2D eigenvalue weighted by Gasteiger charge is 2.31. The first-order valence-corrected chi connectivity index (χ1v) is 5.59. The zero-order valence-electron chi connectivity index (χ0n) is 9.84. The van der Waals surface area contributed by atoms with Crippen LogP contribution in [0.1, 0.15) is 33.6 Å². The second kappa shape index (κ2) is 5.47. The summed E-state index contributed by atoms with van der Waals surface area (Å²) in [5, 5.41) is 3.28. The third-order valence-electron chi connectivity index (χ3n) is 2.64. The van der Waals surface area contributed by atoms with Crippen LogP contribution in [-0.2, 0) is 14.3 Å². The van der Waals surface area contributed by atoms with Crippen molar-refractivity contribution < 1.29 is 14.3 Å². The van der Waals surface area contributed by atoms with Crippen molar-refractivity contribution in [1.29, 1.82) is 0 Å². The molecule has 88 valence electrons. The van der Waals surface area contributed by atoms with Crippen molar-refractivity contribution in [3.05, 3.63) is 0 Å². The summed E-state index contributed by atoms with van der Waals surface area (Å²) in [5.41, 5.74) is -0.0928. The lowest BCUT2D eigenvalue weighted by molar-refractivity contribution is -0.146. The van der Waals surface area contributed by atoms with Gasteiger partial charge in [0.15, 0.2) is 0 Å². The van der Waals surface area contributed by atoms with Crippen LogP contribution in [0.4, 0.5) is 0 Å². The van der Waals surface area contributed by atoms with Gasteiger partial charge in [-0.05, 0) is 33.6 Å². The van der Waals surface area contributed by atoms with Crippen LogP contribution in [0.3, 0.4) is 0 Å². The van der Waals surface area contributed by atoms with E-state index < -0.39 is 0 Å². The van der Waals surface area contributed by atoms with Gasteiger partial charge in [0.1, 0.15) is 6.04 Å². The summed E-state index contributed by atoms with van der Waals surface area (Å²) in [7, 11) is 0. The number of rotatable bonds is 4. The summed E-state index contributed by atoms with van der Waals surface area (Å²) < 4.78 is 10.4. The fourth-order valence-corrected chi connectivity index (χ4v) is 1.90. The van der Waals surface area contributed by atoms with Crippen LogP contribution >= 0.6 is 0 Å². The zero-order chi connectivity index (χ0) is 11.3. The zero-order valence-corrected chi connectivity index (χ0v) is 9.84. The number of nitrogens with one attached hydrogen (secondary N) is 1. The highest BCUT2D eigenvalue weighted by atomic mass is 16.5. The van der Waals surface area contributed by atoms with Gasteiger partial charge >= 0.3 is 5.97 Å². The topological polar surface area (TPSA) is 47.6 Å². The molecule has 0 bridgehead atoms. The second-order valence-electron chi connectivity index (χ2n) is 4.33. The maximum absolute atomic E-state index is 11.4. The predicted octanol–water partition coefficient (Wildman–Crippen LogP) is 1.10. The highest BCUT2D eigenvalue weighted by Crippen LogP contribution is 2.19. The normalized spacial score (nSPS) is 28.5. The lowest BCUT2D eigenvalue weighted by Crippen LogP contribution is -2.54. The summed E-state index contributed by atoms with van der Waals surface area (Å²) in [5.74, 6) is -0.190. The maximum Gasteiger partial charge on any atom is 0.322 e. The Morgan fingerprint density at radius 2 is 2.40 bits per heavy atom. The van der Waals surface area contributed by atoms with E-state index >= 15 is 0 Å². The van der Waals surface area contributed by atoms with E-state index in [0.29, 0.717) is 13.2 Å². The molecule has 0 radical (unpaired) electrons. The Hall–Kier alpha value is -0.610. The summed E-state index contributed by atoms with van der Waals surface area (Å²) in [6.45, 7) is 7.65. The van der Waals surface area contributed by atoms with Crippen molar-refractivity contribution >= 4 is 5.97 Å². The van der Waals surface area contributed by atoms with Gasteiger partial charge in [-0.1, -0.05) is 0 Å². The summed E-state index contributed by atoms with van der Waals surface area (Å²) >= 11 is 0. The van der Waals surface area contributed by atoms with Gasteiger partial charge in [-0.2, -0.15) is 0 Å². The summed E-state index contributed by atoms with van der Waals surface area (Å²) in [6.07, 6.45) is 2.08. The van der Waals surface area contributed by atoms with Crippen molar-refractivity contribution in [2.75, 3.05) is 19.8 Å². The van der Waals surface area contributed by atoms with Gasteiger partial charge in [0.25, 0.3) is 0 Å². The lowest BCUT2D eigenvalue weighted by Gasteiger charge is -2.36. The molecule has 1 aliphatic heterocycles. The summed E-state index contributed by atoms with van der Waals surface area (Å²) in [4.78, 5) is 11.4. The van der Waals surface area contributed by atoms with Crippen LogP contribution in [0.5, 0.6) is 0 Å². The third-order valence-corrected chi connectivity index (χ3v) is 2.64. The Labute approximate surface area is 91.3 Å². The average Bonchev–Trinajstić information content (AvgIpc) is 2.18. The van der Waals surface area contributed by atoms with Gasteiger partial charge in [0.2, 0.25) is 0 Å². The molecule has 1 rings (SSSR count). The van der Waals surface area contributed by atoms with Crippen molar-refractivity contribution in [2.45, 2.75) is 45.2 Å². The maximum atomic E-state index is 11.4. The molecule has 1 heterocycles. The van der Waals surface area contributed by atoms with E-state index in [1.165, 1.54) is 0 Å². The molecule has 0 amide bonds. The van der Waals surface area contributed by atoms with Gasteiger partial charge in [-0.15, -0.1) is 0 Å². The van der Waals surface area contributed by atoms with E-state index in [2.05, 4.69) is 12.2 Å².